The van der Waals surface area contributed by atoms with Gasteiger partial charge in [0.05, 0.1) is 13.3 Å². The summed E-state index contributed by atoms with van der Waals surface area (Å²) in [5.41, 5.74) is 6.32. The number of nitrogens with zero attached hydrogens (tertiary/aromatic N) is 3. The van der Waals surface area contributed by atoms with Crippen molar-refractivity contribution in [3.05, 3.63) is 97.9 Å². The first-order valence-corrected chi connectivity index (χ1v) is 12.5. The minimum atomic E-state index is -0.268. The molecule has 2 atom stereocenters. The molecule has 0 radical (unpaired) electrons. The van der Waals surface area contributed by atoms with Gasteiger partial charge in [0.2, 0.25) is 0 Å². The number of rotatable bonds is 6. The van der Waals surface area contributed by atoms with E-state index in [4.69, 9.17) is 4.74 Å². The second-order valence-corrected chi connectivity index (χ2v) is 10.1. The average Bonchev–Trinajstić information content (AvgIpc) is 2.85. The summed E-state index contributed by atoms with van der Waals surface area (Å²) in [6, 6.07) is 18.7. The van der Waals surface area contributed by atoms with E-state index >= 15 is 0 Å². The predicted molar refractivity (Wildman–Crippen MR) is 139 cm³/mol. The minimum Gasteiger partial charge on any atom is -0.496 e. The molecule has 1 saturated heterocycles. The second kappa shape index (κ2) is 10.2. The van der Waals surface area contributed by atoms with E-state index in [-0.39, 0.29) is 11.5 Å². The number of fused-ring (bicyclic) bond motifs is 4. The second-order valence-electron chi connectivity index (χ2n) is 9.17. The van der Waals surface area contributed by atoms with Crippen LogP contribution in [0.2, 0.25) is 0 Å². The highest BCUT2D eigenvalue weighted by Gasteiger charge is 2.34. The van der Waals surface area contributed by atoms with Crippen LogP contribution in [0.1, 0.15) is 39.5 Å². The van der Waals surface area contributed by atoms with E-state index in [2.05, 4.69) is 43.5 Å². The quantitative estimate of drug-likeness (QED) is 0.383. The molecule has 2 bridgehead atoms. The molecule has 180 valence electrons. The molecule has 8 heteroatoms. The molecule has 0 spiro atoms. The Hall–Kier alpha value is -3.23. The molecule has 1 fully saturated rings. The Kier molecular flexibility index (Phi) is 6.83. The number of hydrazone groups is 1. The standard InChI is InChI=1S/C27H27BrN4O3/c1-35-25-9-8-18(13-29-30-27(34)20-4-2-5-23(28)12-20)10-22(25)17-31-14-19-11-21(16-31)24-6-3-7-26(33)32(24)15-19/h2-10,12-13,19,21H,11,14-17H2,1H3,(H,30,34)/b29-13+/t19?,21-/m0/s1. The molecule has 3 aromatic rings. The van der Waals surface area contributed by atoms with Crippen molar-refractivity contribution < 1.29 is 9.53 Å². The van der Waals surface area contributed by atoms with Gasteiger partial charge in [-0.05, 0) is 60.4 Å². The van der Waals surface area contributed by atoms with Gasteiger partial charge in [-0.15, -0.1) is 0 Å². The van der Waals surface area contributed by atoms with Crippen LogP contribution in [0.15, 0.2) is 75.0 Å². The van der Waals surface area contributed by atoms with Crippen molar-refractivity contribution in [3.8, 4) is 5.75 Å². The van der Waals surface area contributed by atoms with Crippen LogP contribution in [-0.2, 0) is 13.1 Å². The highest BCUT2D eigenvalue weighted by atomic mass is 79.9. The first-order valence-electron chi connectivity index (χ1n) is 11.7. The van der Waals surface area contributed by atoms with Gasteiger partial charge < -0.3 is 9.30 Å². The number of hydrogen-bond acceptors (Lipinski definition) is 5. The Bertz CT molecular complexity index is 1340. The van der Waals surface area contributed by atoms with Crippen LogP contribution >= 0.6 is 15.9 Å². The van der Waals surface area contributed by atoms with E-state index in [1.807, 2.05) is 34.9 Å². The smallest absolute Gasteiger partial charge is 0.271 e. The molecule has 7 nitrogen and oxygen atoms in total. The molecule has 1 N–H and O–H groups in total. The number of ether oxygens (including phenoxy) is 1. The van der Waals surface area contributed by atoms with Crippen LogP contribution < -0.4 is 15.7 Å². The number of amides is 1. The van der Waals surface area contributed by atoms with Crippen LogP contribution in [0.4, 0.5) is 0 Å². The summed E-state index contributed by atoms with van der Waals surface area (Å²) >= 11 is 3.37. The zero-order valence-electron chi connectivity index (χ0n) is 19.5. The zero-order valence-corrected chi connectivity index (χ0v) is 21.1. The molecule has 2 aliphatic rings. The third-order valence-electron chi connectivity index (χ3n) is 6.72. The first-order chi connectivity index (χ1) is 17.0. The summed E-state index contributed by atoms with van der Waals surface area (Å²) in [6.07, 6.45) is 2.77. The maximum absolute atomic E-state index is 12.3. The fourth-order valence-corrected chi connectivity index (χ4v) is 5.63. The number of carbonyl (C=O) groups excluding carboxylic acids is 1. The number of hydrogen-bond donors (Lipinski definition) is 1. The van der Waals surface area contributed by atoms with Gasteiger partial charge in [0.25, 0.3) is 11.5 Å². The molecule has 3 heterocycles. The van der Waals surface area contributed by atoms with Crippen molar-refractivity contribution in [2.75, 3.05) is 20.2 Å². The van der Waals surface area contributed by atoms with Crippen molar-refractivity contribution in [3.63, 3.8) is 0 Å². The molecular weight excluding hydrogens is 508 g/mol. The molecule has 0 aliphatic carbocycles. The number of piperidine rings is 1. The van der Waals surface area contributed by atoms with E-state index in [1.165, 1.54) is 0 Å². The number of methoxy groups -OCH3 is 1. The van der Waals surface area contributed by atoms with Gasteiger partial charge in [-0.1, -0.05) is 28.1 Å². The lowest BCUT2D eigenvalue weighted by atomic mass is 9.83. The van der Waals surface area contributed by atoms with Gasteiger partial charge in [0.15, 0.2) is 0 Å². The molecule has 1 amide bonds. The Morgan fingerprint density at radius 1 is 1.14 bits per heavy atom. The van der Waals surface area contributed by atoms with E-state index < -0.39 is 0 Å². The molecule has 0 saturated carbocycles. The third kappa shape index (κ3) is 5.23. The number of nitrogens with one attached hydrogen (secondary N) is 1. The summed E-state index contributed by atoms with van der Waals surface area (Å²) in [5, 5.41) is 4.14. The predicted octanol–water partition coefficient (Wildman–Crippen LogP) is 4.00. The van der Waals surface area contributed by atoms with Crippen molar-refractivity contribution in [1.29, 1.82) is 0 Å². The van der Waals surface area contributed by atoms with Gasteiger partial charge in [0, 0.05) is 59.5 Å². The fourth-order valence-electron chi connectivity index (χ4n) is 5.23. The number of carbonyl (C=O) groups is 1. The molecule has 2 aliphatic heterocycles. The van der Waals surface area contributed by atoms with Gasteiger partial charge in [-0.25, -0.2) is 5.43 Å². The SMILES string of the molecule is COc1ccc(/C=N/NC(=O)c2cccc(Br)c2)cc1CN1CC2C[C@@H](C1)c1cccc(=O)n1C2. The first kappa shape index (κ1) is 23.5. The Balaban J connectivity index is 1.28. The summed E-state index contributed by atoms with van der Waals surface area (Å²) in [7, 11) is 1.68. The number of likely N-dealkylation sites (tertiary alicyclic amines) is 1. The summed E-state index contributed by atoms with van der Waals surface area (Å²) < 4.78 is 8.42. The minimum absolute atomic E-state index is 0.103. The number of pyridine rings is 1. The maximum Gasteiger partial charge on any atom is 0.271 e. The van der Waals surface area contributed by atoms with E-state index in [0.717, 1.165) is 59.6 Å². The molecular formula is C27H27BrN4O3. The zero-order chi connectivity index (χ0) is 24.4. The van der Waals surface area contributed by atoms with Crippen LogP contribution in [0.25, 0.3) is 0 Å². The Morgan fingerprint density at radius 3 is 2.83 bits per heavy atom. The van der Waals surface area contributed by atoms with Gasteiger partial charge in [0.1, 0.15) is 5.75 Å². The van der Waals surface area contributed by atoms with Gasteiger partial charge in [-0.2, -0.15) is 5.10 Å². The summed E-state index contributed by atoms with van der Waals surface area (Å²) in [6.45, 7) is 3.38. The number of halogens is 1. The molecule has 5 rings (SSSR count). The highest BCUT2D eigenvalue weighted by molar-refractivity contribution is 9.10. The Labute approximate surface area is 212 Å². The van der Waals surface area contributed by atoms with E-state index in [1.54, 1.807) is 31.5 Å². The fraction of sp³-hybridized carbons (Fsp3) is 0.296. The van der Waals surface area contributed by atoms with Crippen molar-refractivity contribution in [2.24, 2.45) is 11.0 Å². The molecule has 2 aromatic carbocycles. The highest BCUT2D eigenvalue weighted by Crippen LogP contribution is 2.36. The topological polar surface area (TPSA) is 75.9 Å². The average molecular weight is 535 g/mol. The van der Waals surface area contributed by atoms with Gasteiger partial charge in [-0.3, -0.25) is 14.5 Å². The van der Waals surface area contributed by atoms with Crippen LogP contribution in [-0.4, -0.2) is 41.8 Å². The number of aromatic nitrogens is 1. The third-order valence-corrected chi connectivity index (χ3v) is 7.21. The lowest BCUT2D eigenvalue weighted by Gasteiger charge is -2.42. The lowest BCUT2D eigenvalue weighted by molar-refractivity contribution is 0.0955. The normalized spacial score (nSPS) is 19.4. The Morgan fingerprint density at radius 2 is 2.00 bits per heavy atom. The van der Waals surface area contributed by atoms with Crippen molar-refractivity contribution >= 4 is 28.1 Å². The van der Waals surface area contributed by atoms with Crippen LogP contribution in [0, 0.1) is 5.92 Å². The molecule has 1 unspecified atom stereocenters. The maximum atomic E-state index is 12.3. The molecule has 1 aromatic heterocycles. The molecule has 35 heavy (non-hydrogen) atoms. The van der Waals surface area contributed by atoms with E-state index in [9.17, 15) is 9.59 Å². The van der Waals surface area contributed by atoms with Crippen molar-refractivity contribution in [2.45, 2.75) is 25.4 Å². The van der Waals surface area contributed by atoms with Crippen LogP contribution in [0.3, 0.4) is 0 Å². The summed E-state index contributed by atoms with van der Waals surface area (Å²) in [5.74, 6) is 1.38. The number of benzene rings is 2. The van der Waals surface area contributed by atoms with Crippen LogP contribution in [0.5, 0.6) is 5.75 Å². The van der Waals surface area contributed by atoms with Crippen molar-refractivity contribution in [1.82, 2.24) is 14.9 Å². The lowest BCUT2D eigenvalue weighted by Crippen LogP contribution is -2.46. The monoisotopic (exact) mass is 534 g/mol. The van der Waals surface area contributed by atoms with E-state index in [0.29, 0.717) is 17.4 Å². The van der Waals surface area contributed by atoms with Gasteiger partial charge >= 0.3 is 0 Å². The largest absolute Gasteiger partial charge is 0.496 e. The summed E-state index contributed by atoms with van der Waals surface area (Å²) in [4.78, 5) is 27.1.